The lowest BCUT2D eigenvalue weighted by Gasteiger charge is -2.23. The first-order valence-corrected chi connectivity index (χ1v) is 6.09. The lowest BCUT2D eigenvalue weighted by Crippen LogP contribution is -2.29. The number of carbonyl (C=O) groups is 1. The van der Waals surface area contributed by atoms with Crippen LogP contribution in [0.2, 0.25) is 0 Å². The number of hydrogen-bond donors (Lipinski definition) is 2. The largest absolute Gasteiger partial charge is 0.383 e. The van der Waals surface area contributed by atoms with Crippen LogP contribution in [0.1, 0.15) is 27.2 Å². The monoisotopic (exact) mass is 232 g/mol. The number of carbonyl (C=O) groups excluding carboxylic acids is 1. The molecule has 2 N–H and O–H groups in total. The molecule has 1 aromatic carbocycles. The summed E-state index contributed by atoms with van der Waals surface area (Å²) in [4.78, 5) is 12.1. The van der Waals surface area contributed by atoms with Crippen molar-refractivity contribution in [3.05, 3.63) is 24.3 Å². The van der Waals surface area contributed by atoms with E-state index in [0.29, 0.717) is 6.54 Å². The van der Waals surface area contributed by atoms with E-state index in [0.717, 1.165) is 17.8 Å². The van der Waals surface area contributed by atoms with Crippen molar-refractivity contribution in [2.75, 3.05) is 17.2 Å². The lowest BCUT2D eigenvalue weighted by atomic mass is 9.84. The van der Waals surface area contributed by atoms with Gasteiger partial charge < -0.3 is 10.6 Å². The van der Waals surface area contributed by atoms with E-state index in [1.165, 1.54) is 0 Å². The maximum atomic E-state index is 12.1. The highest BCUT2D eigenvalue weighted by molar-refractivity contribution is 5.97. The Kier molecular flexibility index (Phi) is 3.09. The van der Waals surface area contributed by atoms with Gasteiger partial charge in [-0.1, -0.05) is 32.9 Å². The van der Waals surface area contributed by atoms with Crippen molar-refractivity contribution < 1.29 is 4.79 Å². The number of hydrogen-bond acceptors (Lipinski definition) is 2. The molecule has 2 rings (SSSR count). The molecule has 92 valence electrons. The van der Waals surface area contributed by atoms with Gasteiger partial charge in [0.2, 0.25) is 5.91 Å². The molecule has 3 heteroatoms. The van der Waals surface area contributed by atoms with E-state index < -0.39 is 0 Å². The van der Waals surface area contributed by atoms with Crippen LogP contribution in [-0.4, -0.2) is 12.5 Å². The van der Waals surface area contributed by atoms with E-state index in [1.54, 1.807) is 0 Å². The Hall–Kier alpha value is -1.51. The van der Waals surface area contributed by atoms with Gasteiger partial charge >= 0.3 is 0 Å². The summed E-state index contributed by atoms with van der Waals surface area (Å²) < 4.78 is 0. The molecule has 0 saturated heterocycles. The maximum absolute atomic E-state index is 12.1. The van der Waals surface area contributed by atoms with Crippen LogP contribution in [0.4, 0.5) is 11.4 Å². The Morgan fingerprint density at radius 1 is 1.24 bits per heavy atom. The van der Waals surface area contributed by atoms with Crippen molar-refractivity contribution in [2.45, 2.75) is 27.2 Å². The van der Waals surface area contributed by atoms with Gasteiger partial charge in [-0.05, 0) is 24.0 Å². The van der Waals surface area contributed by atoms with Gasteiger partial charge in [0.25, 0.3) is 0 Å². The van der Waals surface area contributed by atoms with E-state index in [1.807, 2.05) is 24.3 Å². The molecular formula is C14H20N2O. The standard InChI is InChI=1S/C14H20N2O/c1-14(2,3)8-10-9-15-11-6-4-5-7-12(11)16-13(10)17/h4-7,10,15H,8-9H2,1-3H3,(H,16,17). The molecular weight excluding hydrogens is 212 g/mol. The number of rotatable bonds is 1. The number of benzene rings is 1. The maximum Gasteiger partial charge on any atom is 0.229 e. The van der Waals surface area contributed by atoms with Crippen molar-refractivity contribution in [1.29, 1.82) is 0 Å². The van der Waals surface area contributed by atoms with Gasteiger partial charge in [0, 0.05) is 6.54 Å². The Morgan fingerprint density at radius 3 is 2.53 bits per heavy atom. The van der Waals surface area contributed by atoms with E-state index in [-0.39, 0.29) is 17.2 Å². The molecule has 1 amide bonds. The minimum atomic E-state index is 0.0300. The molecule has 1 aromatic rings. The predicted octanol–water partition coefficient (Wildman–Crippen LogP) is 3.10. The van der Waals surface area contributed by atoms with Gasteiger partial charge in [-0.25, -0.2) is 0 Å². The first-order chi connectivity index (χ1) is 7.96. The Morgan fingerprint density at radius 2 is 1.88 bits per heavy atom. The SMILES string of the molecule is CC(C)(C)CC1CNc2ccccc2NC1=O. The minimum Gasteiger partial charge on any atom is -0.383 e. The van der Waals surface area contributed by atoms with Crippen LogP contribution in [0.15, 0.2) is 24.3 Å². The van der Waals surface area contributed by atoms with Gasteiger partial charge in [-0.15, -0.1) is 0 Å². The zero-order valence-electron chi connectivity index (χ0n) is 10.7. The quantitative estimate of drug-likeness (QED) is 0.781. The number of nitrogens with one attached hydrogen (secondary N) is 2. The molecule has 1 atom stereocenters. The van der Waals surface area contributed by atoms with E-state index in [2.05, 4.69) is 31.4 Å². The first kappa shape index (κ1) is 12.0. The Bertz CT molecular complexity index is 420. The van der Waals surface area contributed by atoms with Crippen LogP contribution in [0.5, 0.6) is 0 Å². The summed E-state index contributed by atoms with van der Waals surface area (Å²) in [6.07, 6.45) is 0.889. The highest BCUT2D eigenvalue weighted by atomic mass is 16.1. The van der Waals surface area contributed by atoms with Crippen molar-refractivity contribution in [3.8, 4) is 0 Å². The van der Waals surface area contributed by atoms with Crippen molar-refractivity contribution >= 4 is 17.3 Å². The van der Waals surface area contributed by atoms with E-state index >= 15 is 0 Å². The lowest BCUT2D eigenvalue weighted by molar-refractivity contribution is -0.120. The topological polar surface area (TPSA) is 41.1 Å². The molecule has 3 nitrogen and oxygen atoms in total. The number of anilines is 2. The fourth-order valence-electron chi connectivity index (χ4n) is 2.21. The molecule has 0 saturated carbocycles. The third-order valence-electron chi connectivity index (χ3n) is 2.95. The van der Waals surface area contributed by atoms with Gasteiger partial charge in [0.1, 0.15) is 0 Å². The number of fused-ring (bicyclic) bond motifs is 1. The first-order valence-electron chi connectivity index (χ1n) is 6.09. The van der Waals surface area contributed by atoms with E-state index in [9.17, 15) is 4.79 Å². The summed E-state index contributed by atoms with van der Waals surface area (Å²) >= 11 is 0. The smallest absolute Gasteiger partial charge is 0.229 e. The number of para-hydroxylation sites is 2. The molecule has 0 radical (unpaired) electrons. The Balaban J connectivity index is 2.15. The highest BCUT2D eigenvalue weighted by Crippen LogP contribution is 2.30. The summed E-state index contributed by atoms with van der Waals surface area (Å²) in [5.41, 5.74) is 2.06. The fraction of sp³-hybridized carbons (Fsp3) is 0.500. The fourth-order valence-corrected chi connectivity index (χ4v) is 2.21. The summed E-state index contributed by atoms with van der Waals surface area (Å²) in [5, 5.41) is 6.34. The Labute approximate surface area is 103 Å². The summed E-state index contributed by atoms with van der Waals surface area (Å²) in [5.74, 6) is 0.153. The van der Waals surface area contributed by atoms with Crippen LogP contribution < -0.4 is 10.6 Å². The molecule has 1 aliphatic rings. The van der Waals surface area contributed by atoms with Crippen LogP contribution in [-0.2, 0) is 4.79 Å². The second kappa shape index (κ2) is 4.40. The van der Waals surface area contributed by atoms with Crippen molar-refractivity contribution in [3.63, 3.8) is 0 Å². The molecule has 0 aromatic heterocycles. The molecule has 1 unspecified atom stereocenters. The minimum absolute atomic E-state index is 0.0300. The zero-order chi connectivity index (χ0) is 12.5. The third kappa shape index (κ3) is 2.99. The zero-order valence-corrected chi connectivity index (χ0v) is 10.7. The van der Waals surface area contributed by atoms with Gasteiger partial charge in [-0.3, -0.25) is 4.79 Å². The normalized spacial score (nSPS) is 19.9. The highest BCUT2D eigenvalue weighted by Gasteiger charge is 2.27. The van der Waals surface area contributed by atoms with Gasteiger partial charge in [-0.2, -0.15) is 0 Å². The average molecular weight is 232 g/mol. The second-order valence-electron chi connectivity index (χ2n) is 5.88. The van der Waals surface area contributed by atoms with Gasteiger partial charge in [0.15, 0.2) is 0 Å². The molecule has 1 heterocycles. The van der Waals surface area contributed by atoms with Crippen LogP contribution in [0.3, 0.4) is 0 Å². The summed E-state index contributed by atoms with van der Waals surface area (Å²) in [6, 6.07) is 7.84. The van der Waals surface area contributed by atoms with Crippen molar-refractivity contribution in [2.24, 2.45) is 11.3 Å². The van der Waals surface area contributed by atoms with Crippen LogP contribution >= 0.6 is 0 Å². The molecule has 1 aliphatic heterocycles. The second-order valence-corrected chi connectivity index (χ2v) is 5.88. The number of amides is 1. The molecule has 0 fully saturated rings. The van der Waals surface area contributed by atoms with Gasteiger partial charge in [0.05, 0.1) is 17.3 Å². The summed E-state index contributed by atoms with van der Waals surface area (Å²) in [6.45, 7) is 7.20. The average Bonchev–Trinajstić information content (AvgIpc) is 2.37. The van der Waals surface area contributed by atoms with Crippen molar-refractivity contribution in [1.82, 2.24) is 0 Å². The predicted molar refractivity (Wildman–Crippen MR) is 71.1 cm³/mol. The summed E-state index contributed by atoms with van der Waals surface area (Å²) in [7, 11) is 0. The van der Waals surface area contributed by atoms with Crippen LogP contribution in [0.25, 0.3) is 0 Å². The molecule has 0 spiro atoms. The third-order valence-corrected chi connectivity index (χ3v) is 2.95. The molecule has 17 heavy (non-hydrogen) atoms. The molecule has 0 aliphatic carbocycles. The van der Waals surface area contributed by atoms with Crippen LogP contribution in [0, 0.1) is 11.3 Å². The molecule has 0 bridgehead atoms. The van der Waals surface area contributed by atoms with E-state index in [4.69, 9.17) is 0 Å².